The van der Waals surface area contributed by atoms with Crippen LogP contribution < -0.4 is 0 Å². The van der Waals surface area contributed by atoms with E-state index < -0.39 is 30.4 Å². The van der Waals surface area contributed by atoms with Crippen LogP contribution in [0.4, 0.5) is 0 Å². The van der Waals surface area contributed by atoms with Gasteiger partial charge >= 0.3 is 11.9 Å². The molecule has 1 unspecified atom stereocenters. The predicted molar refractivity (Wildman–Crippen MR) is 102 cm³/mol. The number of benzene rings is 2. The van der Waals surface area contributed by atoms with E-state index in [1.807, 2.05) is 0 Å². The Kier molecular flexibility index (Phi) is 5.73. The highest BCUT2D eigenvalue weighted by Gasteiger charge is 2.41. The molecule has 0 saturated carbocycles. The van der Waals surface area contributed by atoms with Gasteiger partial charge in [0.15, 0.2) is 0 Å². The van der Waals surface area contributed by atoms with Crippen LogP contribution in [-0.4, -0.2) is 58.7 Å². The van der Waals surface area contributed by atoms with Gasteiger partial charge in [-0.15, -0.1) is 0 Å². The molecule has 0 aliphatic heterocycles. The molecule has 0 aliphatic rings. The third kappa shape index (κ3) is 3.63. The van der Waals surface area contributed by atoms with Crippen molar-refractivity contribution < 1.29 is 34.0 Å². The van der Waals surface area contributed by atoms with Gasteiger partial charge in [0.05, 0.1) is 22.1 Å². The number of carboxylic acids is 1. The van der Waals surface area contributed by atoms with Crippen molar-refractivity contribution in [3.05, 3.63) is 47.5 Å². The Hall–Kier alpha value is -3.14. The van der Waals surface area contributed by atoms with E-state index in [1.165, 1.54) is 20.3 Å². The van der Waals surface area contributed by atoms with Gasteiger partial charge in [-0.2, -0.15) is 0 Å². The largest absolute Gasteiger partial charge is 0.478 e. The van der Waals surface area contributed by atoms with Crippen LogP contribution >= 0.6 is 0 Å². The number of carbonyl (C=O) groups excluding carboxylic acids is 1. The number of aliphatic hydroxyl groups excluding tert-OH is 1. The number of fused-ring (bicyclic) bond motifs is 2. The third-order valence-electron chi connectivity index (χ3n) is 4.66. The molecule has 0 amide bonds. The number of ether oxygens (including phenoxy) is 3. The molecule has 1 aromatic heterocycles. The van der Waals surface area contributed by atoms with E-state index in [4.69, 9.17) is 14.2 Å². The molecule has 152 valence electrons. The quantitative estimate of drug-likeness (QED) is 0.348. The van der Waals surface area contributed by atoms with Crippen molar-refractivity contribution in [3.63, 3.8) is 0 Å². The summed E-state index contributed by atoms with van der Waals surface area (Å²) in [5.74, 6) is -3.91. The van der Waals surface area contributed by atoms with Gasteiger partial charge in [0.25, 0.3) is 5.79 Å². The van der Waals surface area contributed by atoms with E-state index >= 15 is 0 Å². The van der Waals surface area contributed by atoms with Crippen molar-refractivity contribution >= 4 is 34.0 Å². The van der Waals surface area contributed by atoms with Gasteiger partial charge in [0.1, 0.15) is 18.2 Å². The number of aromatic carboxylic acids is 1. The fraction of sp³-hybridized carbons (Fsp3) is 0.300. The summed E-state index contributed by atoms with van der Waals surface area (Å²) in [4.78, 5) is 32.9. The average Bonchev–Trinajstić information content (AvgIpc) is 2.72. The van der Waals surface area contributed by atoms with Crippen LogP contribution in [-0.2, 0) is 19.0 Å². The van der Waals surface area contributed by atoms with Crippen LogP contribution in [0.25, 0.3) is 22.1 Å². The lowest BCUT2D eigenvalue weighted by Crippen LogP contribution is -2.47. The smallest absolute Gasteiger partial charge is 0.370 e. The van der Waals surface area contributed by atoms with Crippen LogP contribution in [0.1, 0.15) is 28.9 Å². The number of nitrogens with zero attached hydrogens (tertiary/aromatic N) is 2. The number of rotatable bonds is 7. The van der Waals surface area contributed by atoms with Crippen LogP contribution in [0.3, 0.4) is 0 Å². The summed E-state index contributed by atoms with van der Waals surface area (Å²) < 4.78 is 15.4. The standard InChI is InChI=1S/C20H20N2O7/c1-11(29-19(26)20(10-23,27-2)28-3)12-6-4-8-14-16(12)21-15-9-5-7-13(18(24)25)17(15)22-14/h4-9,11,23H,10H2,1-3H3,(H,24,25). The van der Waals surface area contributed by atoms with Gasteiger partial charge in [-0.3, -0.25) is 0 Å². The maximum Gasteiger partial charge on any atom is 0.370 e. The first-order chi connectivity index (χ1) is 13.9. The topological polar surface area (TPSA) is 128 Å². The van der Waals surface area contributed by atoms with Gasteiger partial charge in [-0.05, 0) is 25.1 Å². The molecular weight excluding hydrogens is 380 g/mol. The van der Waals surface area contributed by atoms with Crippen LogP contribution in [0.15, 0.2) is 36.4 Å². The number of hydrogen-bond acceptors (Lipinski definition) is 8. The Balaban J connectivity index is 2.06. The highest BCUT2D eigenvalue weighted by atomic mass is 16.7. The molecule has 9 nitrogen and oxygen atoms in total. The molecule has 1 heterocycles. The first-order valence-corrected chi connectivity index (χ1v) is 8.71. The highest BCUT2D eigenvalue weighted by Crippen LogP contribution is 2.28. The summed E-state index contributed by atoms with van der Waals surface area (Å²) in [7, 11) is 2.45. The second kappa shape index (κ2) is 8.08. The minimum atomic E-state index is -1.92. The zero-order valence-corrected chi connectivity index (χ0v) is 16.1. The fourth-order valence-electron chi connectivity index (χ4n) is 3.00. The lowest BCUT2D eigenvalue weighted by Gasteiger charge is -2.27. The van der Waals surface area contributed by atoms with Crippen LogP contribution in [0, 0.1) is 0 Å². The molecule has 3 rings (SSSR count). The average molecular weight is 400 g/mol. The molecule has 9 heteroatoms. The molecule has 0 spiro atoms. The molecule has 0 aliphatic carbocycles. The molecule has 0 radical (unpaired) electrons. The van der Waals surface area contributed by atoms with Crippen molar-refractivity contribution in [1.82, 2.24) is 9.97 Å². The zero-order chi connectivity index (χ0) is 21.2. The van der Waals surface area contributed by atoms with Gasteiger partial charge < -0.3 is 24.4 Å². The van der Waals surface area contributed by atoms with Crippen molar-refractivity contribution in [2.45, 2.75) is 18.8 Å². The van der Waals surface area contributed by atoms with E-state index in [2.05, 4.69) is 9.97 Å². The molecule has 0 fully saturated rings. The van der Waals surface area contributed by atoms with Crippen molar-refractivity contribution in [3.8, 4) is 0 Å². The summed E-state index contributed by atoms with van der Waals surface area (Å²) in [6.07, 6.45) is -0.767. The third-order valence-corrected chi connectivity index (χ3v) is 4.66. The highest BCUT2D eigenvalue weighted by molar-refractivity contribution is 6.02. The number of aromatic nitrogens is 2. The van der Waals surface area contributed by atoms with Gasteiger partial charge in [-0.25, -0.2) is 19.6 Å². The van der Waals surface area contributed by atoms with Gasteiger partial charge in [-0.1, -0.05) is 18.2 Å². The van der Waals surface area contributed by atoms with Crippen molar-refractivity contribution in [1.29, 1.82) is 0 Å². The monoisotopic (exact) mass is 400 g/mol. The Morgan fingerprint density at radius 2 is 1.62 bits per heavy atom. The van der Waals surface area contributed by atoms with Crippen molar-refractivity contribution in [2.75, 3.05) is 20.8 Å². The van der Waals surface area contributed by atoms with E-state index in [-0.39, 0.29) is 11.1 Å². The number of carboxylic acid groups (broad SMARTS) is 1. The lowest BCUT2D eigenvalue weighted by molar-refractivity contribution is -0.244. The summed E-state index contributed by atoms with van der Waals surface area (Å²) in [6.45, 7) is 0.920. The van der Waals surface area contributed by atoms with E-state index in [0.717, 1.165) is 0 Å². The molecule has 1 atom stereocenters. The first-order valence-electron chi connectivity index (χ1n) is 8.71. The van der Waals surface area contributed by atoms with Crippen molar-refractivity contribution in [2.24, 2.45) is 0 Å². The molecule has 3 aromatic rings. The van der Waals surface area contributed by atoms with E-state index in [1.54, 1.807) is 37.3 Å². The Morgan fingerprint density at radius 3 is 2.21 bits per heavy atom. The number of aliphatic hydroxyl groups is 1. The van der Waals surface area contributed by atoms with Gasteiger partial charge in [0.2, 0.25) is 0 Å². The summed E-state index contributed by atoms with van der Waals surface area (Å²) in [5.41, 5.74) is 2.21. The number of para-hydroxylation sites is 2. The van der Waals surface area contributed by atoms with Crippen LogP contribution in [0.5, 0.6) is 0 Å². The van der Waals surface area contributed by atoms with Gasteiger partial charge in [0, 0.05) is 19.8 Å². The number of carbonyl (C=O) groups is 2. The molecule has 29 heavy (non-hydrogen) atoms. The number of methoxy groups -OCH3 is 2. The predicted octanol–water partition coefficient (Wildman–Crippen LogP) is 2.07. The maximum atomic E-state index is 12.5. The summed E-state index contributed by atoms with van der Waals surface area (Å²) in [6, 6.07) is 9.84. The molecule has 2 N–H and O–H groups in total. The van der Waals surface area contributed by atoms with Crippen LogP contribution in [0.2, 0.25) is 0 Å². The molecule has 2 aromatic carbocycles. The Labute approximate surface area is 165 Å². The Morgan fingerprint density at radius 1 is 1.03 bits per heavy atom. The normalized spacial score (nSPS) is 12.8. The maximum absolute atomic E-state index is 12.5. The summed E-state index contributed by atoms with van der Waals surface area (Å²) in [5, 5.41) is 18.8. The minimum Gasteiger partial charge on any atom is -0.478 e. The second-order valence-corrected chi connectivity index (χ2v) is 6.28. The zero-order valence-electron chi connectivity index (χ0n) is 16.1. The minimum absolute atomic E-state index is 0.0506. The summed E-state index contributed by atoms with van der Waals surface area (Å²) >= 11 is 0. The van der Waals surface area contributed by atoms with E-state index in [9.17, 15) is 19.8 Å². The Bertz CT molecular complexity index is 1070. The molecule has 0 bridgehead atoms. The SMILES string of the molecule is COC(CO)(OC)C(=O)OC(C)c1cccc2nc3c(C(=O)O)cccc3nc12. The lowest BCUT2D eigenvalue weighted by atomic mass is 10.1. The fourth-order valence-corrected chi connectivity index (χ4v) is 3.00. The number of hydrogen-bond donors (Lipinski definition) is 2. The second-order valence-electron chi connectivity index (χ2n) is 6.28. The van der Waals surface area contributed by atoms with E-state index in [0.29, 0.717) is 22.1 Å². The molecule has 0 saturated heterocycles. The number of esters is 1. The molecular formula is C20H20N2O7. The first kappa shape index (κ1) is 20.6.